The molecule has 0 aliphatic carbocycles. The average Bonchev–Trinajstić information content (AvgIpc) is 1.69. The maximum Gasteiger partial charge on any atom is 0.102 e. The van der Waals surface area contributed by atoms with E-state index in [1.54, 1.807) is 5.98 Å². The fourth-order valence-corrected chi connectivity index (χ4v) is 0.446. The van der Waals surface area contributed by atoms with Crippen LogP contribution in [0.1, 0.15) is 12.8 Å². The van der Waals surface area contributed by atoms with Crippen LogP contribution in [0.25, 0.3) is 0 Å². The van der Waals surface area contributed by atoms with E-state index in [-0.39, 0.29) is 0 Å². The van der Waals surface area contributed by atoms with Crippen LogP contribution in [0.2, 0.25) is 0 Å². The van der Waals surface area contributed by atoms with Crippen LogP contribution < -0.4 is 0 Å². The lowest BCUT2D eigenvalue weighted by Crippen LogP contribution is -1.69. The number of hydrogen-bond donors (Lipinski definition) is 0. The Balaban J connectivity index is 2.69. The summed E-state index contributed by atoms with van der Waals surface area (Å²) in [6.45, 7) is 0. The van der Waals surface area contributed by atoms with Crippen LogP contribution >= 0.6 is 11.6 Å². The lowest BCUT2D eigenvalue weighted by molar-refractivity contribution is 0.968. The van der Waals surface area contributed by atoms with E-state index >= 15 is 0 Å². The Morgan fingerprint density at radius 3 is 2.71 bits per heavy atom. The molecule has 0 rings (SSSR count). The summed E-state index contributed by atoms with van der Waals surface area (Å²) in [6.07, 6.45) is 3.93. The zero-order chi connectivity index (χ0) is 5.54. The van der Waals surface area contributed by atoms with E-state index in [4.69, 9.17) is 19.4 Å². The molecule has 0 N–H and O–H groups in total. The molecule has 38 valence electrons. The number of rotatable bonds is 3. The second kappa shape index (κ2) is 6.09. The second-order valence-electron chi connectivity index (χ2n) is 1.26. The molecule has 2 radical (unpaired) electrons. The van der Waals surface area contributed by atoms with Crippen molar-refractivity contribution in [3.8, 4) is 0 Å². The molecule has 0 aromatic carbocycles. The number of unbranched alkanes of at least 4 members (excludes halogenated alkanes) is 1. The second-order valence-corrected chi connectivity index (χ2v) is 1.64. The van der Waals surface area contributed by atoms with Gasteiger partial charge in [-0.05, 0) is 12.8 Å². The summed E-state index contributed by atoms with van der Waals surface area (Å²) in [7, 11) is 5.05. The standard InChI is InChI=1S/C5H8BCl/c6-4-2-1-3-5-7/h2,4H,1,3,5H2. The van der Waals surface area contributed by atoms with Crippen molar-refractivity contribution in [1.82, 2.24) is 0 Å². The highest BCUT2D eigenvalue weighted by atomic mass is 35.5. The Hall–Kier alpha value is 0.0949. The Kier molecular flexibility index (Phi) is 6.18. The van der Waals surface area contributed by atoms with Crippen LogP contribution in [0.5, 0.6) is 0 Å². The summed E-state index contributed by atoms with van der Waals surface area (Å²) < 4.78 is 0. The minimum absolute atomic E-state index is 0.727. The van der Waals surface area contributed by atoms with Gasteiger partial charge in [0.05, 0.1) is 0 Å². The van der Waals surface area contributed by atoms with Gasteiger partial charge < -0.3 is 0 Å². The average molecular weight is 114 g/mol. The lowest BCUT2D eigenvalue weighted by atomic mass is 10.1. The highest BCUT2D eigenvalue weighted by Gasteiger charge is 1.74. The zero-order valence-electron chi connectivity index (χ0n) is 4.23. The molecule has 7 heavy (non-hydrogen) atoms. The molecule has 0 aromatic heterocycles. The molecule has 0 saturated carbocycles. The molecule has 0 amide bonds. The summed E-state index contributed by atoms with van der Waals surface area (Å²) >= 11 is 5.36. The van der Waals surface area contributed by atoms with E-state index in [0.717, 1.165) is 18.7 Å². The quantitative estimate of drug-likeness (QED) is 0.298. The van der Waals surface area contributed by atoms with Crippen LogP contribution in [-0.4, -0.2) is 13.7 Å². The van der Waals surface area contributed by atoms with E-state index in [2.05, 4.69) is 0 Å². The fraction of sp³-hybridized carbons (Fsp3) is 0.600. The number of alkyl halides is 1. The van der Waals surface area contributed by atoms with Crippen LogP contribution in [0, 0.1) is 0 Å². The van der Waals surface area contributed by atoms with E-state index in [0.29, 0.717) is 0 Å². The highest BCUT2D eigenvalue weighted by molar-refractivity contribution is 6.18. The highest BCUT2D eigenvalue weighted by Crippen LogP contribution is 1.90. The Morgan fingerprint density at radius 2 is 2.29 bits per heavy atom. The predicted octanol–water partition coefficient (Wildman–Crippen LogP) is 1.69. The lowest BCUT2D eigenvalue weighted by Gasteiger charge is -1.82. The maximum atomic E-state index is 5.36. The molecule has 0 bridgehead atoms. The molecule has 0 aliphatic rings. The first-order chi connectivity index (χ1) is 3.41. The molecule has 0 heterocycles. The summed E-state index contributed by atoms with van der Waals surface area (Å²) in [6, 6.07) is 0. The van der Waals surface area contributed by atoms with Crippen molar-refractivity contribution in [2.24, 2.45) is 0 Å². The largest absolute Gasteiger partial charge is 0.135 e. The first-order valence-corrected chi connectivity index (χ1v) is 2.88. The van der Waals surface area contributed by atoms with Gasteiger partial charge in [0.1, 0.15) is 7.85 Å². The third-order valence-electron chi connectivity index (χ3n) is 0.641. The van der Waals surface area contributed by atoms with Crippen LogP contribution in [-0.2, 0) is 0 Å². The zero-order valence-corrected chi connectivity index (χ0v) is 4.99. The Bertz CT molecular complexity index is 52.0. The van der Waals surface area contributed by atoms with Crippen molar-refractivity contribution in [2.75, 3.05) is 5.88 Å². The normalized spacial score (nSPS) is 10.4. The molecule has 2 heteroatoms. The molecule has 0 aromatic rings. The van der Waals surface area contributed by atoms with Gasteiger partial charge in [-0.3, -0.25) is 0 Å². The third-order valence-corrected chi connectivity index (χ3v) is 0.908. The minimum Gasteiger partial charge on any atom is -0.135 e. The molecule has 0 spiro atoms. The number of halogens is 1. The van der Waals surface area contributed by atoms with Gasteiger partial charge in [0.15, 0.2) is 0 Å². The van der Waals surface area contributed by atoms with Crippen molar-refractivity contribution in [1.29, 1.82) is 0 Å². The van der Waals surface area contributed by atoms with Crippen LogP contribution in [0.4, 0.5) is 0 Å². The SMILES string of the molecule is [B]C=CCCCCl. The fourth-order valence-electron chi connectivity index (χ4n) is 0.291. The monoisotopic (exact) mass is 114 g/mol. The predicted molar refractivity (Wildman–Crippen MR) is 34.8 cm³/mol. The van der Waals surface area contributed by atoms with Crippen LogP contribution in [0.15, 0.2) is 12.1 Å². The van der Waals surface area contributed by atoms with Crippen molar-refractivity contribution < 1.29 is 0 Å². The first kappa shape index (κ1) is 7.09. The smallest absolute Gasteiger partial charge is 0.102 e. The molecule has 0 nitrogen and oxygen atoms in total. The van der Waals surface area contributed by atoms with Gasteiger partial charge in [0, 0.05) is 5.88 Å². The van der Waals surface area contributed by atoms with E-state index in [1.165, 1.54) is 0 Å². The maximum absolute atomic E-state index is 5.36. The van der Waals surface area contributed by atoms with Gasteiger partial charge in [0.25, 0.3) is 0 Å². The third kappa shape index (κ3) is 6.09. The Morgan fingerprint density at radius 1 is 1.57 bits per heavy atom. The molecular formula is C5H8BCl. The topological polar surface area (TPSA) is 0 Å². The molecule has 0 fully saturated rings. The Labute approximate surface area is 51.0 Å². The van der Waals surface area contributed by atoms with Crippen molar-refractivity contribution in [3.05, 3.63) is 12.1 Å². The van der Waals surface area contributed by atoms with E-state index < -0.39 is 0 Å². The number of hydrogen-bond acceptors (Lipinski definition) is 0. The summed E-state index contributed by atoms with van der Waals surface area (Å²) in [5.41, 5.74) is 0. The molecule has 0 aliphatic heterocycles. The summed E-state index contributed by atoms with van der Waals surface area (Å²) in [5, 5.41) is 0. The first-order valence-electron chi connectivity index (χ1n) is 2.34. The van der Waals surface area contributed by atoms with Crippen molar-refractivity contribution in [2.45, 2.75) is 12.8 Å². The van der Waals surface area contributed by atoms with E-state index in [1.807, 2.05) is 6.08 Å². The minimum atomic E-state index is 0.727. The van der Waals surface area contributed by atoms with Gasteiger partial charge in [-0.1, -0.05) is 6.08 Å². The van der Waals surface area contributed by atoms with Crippen molar-refractivity contribution >= 4 is 19.4 Å². The molecule has 0 saturated heterocycles. The number of allylic oxidation sites excluding steroid dienone is 1. The molecule has 0 unspecified atom stereocenters. The van der Waals surface area contributed by atoms with Crippen molar-refractivity contribution in [3.63, 3.8) is 0 Å². The van der Waals surface area contributed by atoms with Crippen LogP contribution in [0.3, 0.4) is 0 Å². The van der Waals surface area contributed by atoms with Gasteiger partial charge in [0.2, 0.25) is 0 Å². The van der Waals surface area contributed by atoms with Gasteiger partial charge >= 0.3 is 0 Å². The van der Waals surface area contributed by atoms with Gasteiger partial charge in [-0.15, -0.1) is 17.6 Å². The molecular weight excluding hydrogens is 106 g/mol. The summed E-state index contributed by atoms with van der Waals surface area (Å²) in [5.74, 6) is 2.27. The van der Waals surface area contributed by atoms with E-state index in [9.17, 15) is 0 Å². The van der Waals surface area contributed by atoms with Gasteiger partial charge in [-0.2, -0.15) is 0 Å². The molecule has 0 atom stereocenters. The summed E-state index contributed by atoms with van der Waals surface area (Å²) in [4.78, 5) is 0. The van der Waals surface area contributed by atoms with Gasteiger partial charge in [-0.25, -0.2) is 0 Å².